The monoisotopic (exact) mass is 481 g/mol. The number of Topliss-reactive ketones (excluding diaryl/α,β-unsaturated/α-hetero) is 1. The highest BCUT2D eigenvalue weighted by Gasteiger charge is 2.73. The highest BCUT2D eigenvalue weighted by Crippen LogP contribution is 2.64. The first kappa shape index (κ1) is 24.5. The second-order valence-electron chi connectivity index (χ2n) is 10.9. The van der Waals surface area contributed by atoms with Crippen molar-refractivity contribution in [3.8, 4) is 11.5 Å². The number of benzene rings is 1. The molecule has 1 saturated heterocycles. The van der Waals surface area contributed by atoms with E-state index in [0.29, 0.717) is 50.1 Å². The van der Waals surface area contributed by atoms with Crippen molar-refractivity contribution < 1.29 is 24.2 Å². The predicted molar refractivity (Wildman–Crippen MR) is 134 cm³/mol. The van der Waals surface area contributed by atoms with Crippen LogP contribution in [-0.4, -0.2) is 52.6 Å². The summed E-state index contributed by atoms with van der Waals surface area (Å²) in [6.07, 6.45) is 11.6. The van der Waals surface area contributed by atoms with Crippen molar-refractivity contribution in [2.45, 2.75) is 107 Å². The minimum atomic E-state index is -1.05. The molecule has 2 aliphatic heterocycles. The Labute approximate surface area is 208 Å². The van der Waals surface area contributed by atoms with E-state index in [1.807, 2.05) is 18.2 Å². The highest BCUT2D eigenvalue weighted by atomic mass is 16.6. The lowest BCUT2D eigenvalue weighted by atomic mass is 9.49. The summed E-state index contributed by atoms with van der Waals surface area (Å²) < 4.78 is 12.1. The molecule has 5 rings (SSSR count). The summed E-state index contributed by atoms with van der Waals surface area (Å²) in [5, 5.41) is 12.2. The quantitative estimate of drug-likeness (QED) is 0.215. The van der Waals surface area contributed by atoms with Crippen LogP contribution in [0.1, 0.15) is 88.7 Å². The van der Waals surface area contributed by atoms with E-state index in [-0.39, 0.29) is 17.8 Å². The van der Waals surface area contributed by atoms with Crippen LogP contribution in [0.3, 0.4) is 0 Å². The number of carbonyl (C=O) groups is 2. The number of carbonyl (C=O) groups excluding carboxylic acids is 2. The largest absolute Gasteiger partial charge is 0.477 e. The fourth-order valence-corrected chi connectivity index (χ4v) is 7.27. The zero-order valence-electron chi connectivity index (χ0n) is 21.0. The van der Waals surface area contributed by atoms with Crippen molar-refractivity contribution in [3.05, 3.63) is 35.9 Å². The second-order valence-corrected chi connectivity index (χ2v) is 10.9. The number of ketones is 1. The van der Waals surface area contributed by atoms with Gasteiger partial charge < -0.3 is 14.6 Å². The van der Waals surface area contributed by atoms with Crippen molar-refractivity contribution in [3.63, 3.8) is 0 Å². The van der Waals surface area contributed by atoms with Crippen molar-refractivity contribution in [2.75, 3.05) is 13.1 Å². The molecule has 0 amide bonds. The van der Waals surface area contributed by atoms with Crippen LogP contribution in [0.5, 0.6) is 11.5 Å². The van der Waals surface area contributed by atoms with Crippen LogP contribution in [0.15, 0.2) is 24.8 Å². The molecule has 1 N–H and O–H groups in total. The van der Waals surface area contributed by atoms with Crippen LogP contribution in [0, 0.1) is 0 Å². The normalized spacial score (nSPS) is 30.5. The Morgan fingerprint density at radius 1 is 1.23 bits per heavy atom. The van der Waals surface area contributed by atoms with Gasteiger partial charge in [-0.25, -0.2) is 0 Å². The zero-order valence-corrected chi connectivity index (χ0v) is 21.0. The molecule has 2 heterocycles. The van der Waals surface area contributed by atoms with Gasteiger partial charge in [-0.15, -0.1) is 6.58 Å². The van der Waals surface area contributed by atoms with Crippen LogP contribution in [-0.2, 0) is 21.4 Å². The fourth-order valence-electron chi connectivity index (χ4n) is 7.27. The van der Waals surface area contributed by atoms with Crippen LogP contribution in [0.25, 0.3) is 0 Å². The number of aliphatic hydroxyl groups is 1. The smallest absolute Gasteiger partial charge is 0.311 e. The van der Waals surface area contributed by atoms with E-state index in [9.17, 15) is 14.7 Å². The van der Waals surface area contributed by atoms with Gasteiger partial charge in [0, 0.05) is 37.5 Å². The summed E-state index contributed by atoms with van der Waals surface area (Å²) in [6.45, 7) is 7.59. The number of hydrogen-bond donors (Lipinski definition) is 1. The number of likely N-dealkylation sites (tertiary alicyclic amines) is 1. The SMILES string of the molecule is C=CCN1CC[C@]23c4c5ccc(OC(=O)CCCCCCCCC)c4O[C@H]2C(=O)CC[C@@]3(O)[C@H]1C5. The van der Waals surface area contributed by atoms with E-state index >= 15 is 0 Å². The number of esters is 1. The van der Waals surface area contributed by atoms with Gasteiger partial charge in [0.1, 0.15) is 0 Å². The molecule has 1 aromatic carbocycles. The second kappa shape index (κ2) is 9.70. The molecule has 4 atom stereocenters. The van der Waals surface area contributed by atoms with Crippen LogP contribution in [0.4, 0.5) is 0 Å². The van der Waals surface area contributed by atoms with E-state index in [4.69, 9.17) is 9.47 Å². The molecule has 2 fully saturated rings. The number of hydrogen-bond acceptors (Lipinski definition) is 6. The molecule has 4 aliphatic rings. The molecule has 35 heavy (non-hydrogen) atoms. The minimum Gasteiger partial charge on any atom is -0.477 e. The maximum absolute atomic E-state index is 13.1. The molecular formula is C29H39NO5. The van der Waals surface area contributed by atoms with E-state index in [2.05, 4.69) is 18.4 Å². The lowest BCUT2D eigenvalue weighted by Crippen LogP contribution is -2.76. The van der Waals surface area contributed by atoms with Gasteiger partial charge in [0.05, 0.1) is 11.0 Å². The van der Waals surface area contributed by atoms with Crippen molar-refractivity contribution in [2.24, 2.45) is 0 Å². The van der Waals surface area contributed by atoms with Gasteiger partial charge in [0.2, 0.25) is 0 Å². The van der Waals surface area contributed by atoms with Crippen LogP contribution in [0.2, 0.25) is 0 Å². The Kier molecular flexibility index (Phi) is 6.79. The zero-order chi connectivity index (χ0) is 24.6. The third-order valence-corrected chi connectivity index (χ3v) is 8.93. The predicted octanol–water partition coefficient (Wildman–Crippen LogP) is 4.64. The molecular weight excluding hydrogens is 442 g/mol. The number of unbranched alkanes of at least 4 members (excludes halogenated alkanes) is 6. The molecule has 190 valence electrons. The standard InChI is InChI=1S/C29H39NO5/c1-3-5-6-7-8-9-10-11-24(32)34-22-13-12-20-19-23-29(33)15-14-21(31)27-28(29,25(20)26(22)35-27)16-18-30(23)17-4-2/h4,12-13,23,27,33H,2-3,5-11,14-19H2,1H3/t23-,27+,28+,29-/m1/s1. The van der Waals surface area contributed by atoms with E-state index < -0.39 is 17.1 Å². The molecule has 2 aliphatic carbocycles. The Hall–Kier alpha value is -2.18. The average molecular weight is 482 g/mol. The van der Waals surface area contributed by atoms with E-state index in [1.54, 1.807) is 0 Å². The van der Waals surface area contributed by atoms with E-state index in [1.165, 1.54) is 25.7 Å². The summed E-state index contributed by atoms with van der Waals surface area (Å²) in [7, 11) is 0. The molecule has 0 unspecified atom stereocenters. The Balaban J connectivity index is 1.37. The first-order valence-corrected chi connectivity index (χ1v) is 13.6. The maximum Gasteiger partial charge on any atom is 0.311 e. The summed E-state index contributed by atoms with van der Waals surface area (Å²) in [5.74, 6) is 0.670. The lowest BCUT2D eigenvalue weighted by Gasteiger charge is -2.62. The van der Waals surface area contributed by atoms with E-state index in [0.717, 1.165) is 36.9 Å². The summed E-state index contributed by atoms with van der Waals surface area (Å²) in [6, 6.07) is 3.73. The van der Waals surface area contributed by atoms with Gasteiger partial charge in [-0.2, -0.15) is 0 Å². The Morgan fingerprint density at radius 3 is 2.77 bits per heavy atom. The third-order valence-electron chi connectivity index (χ3n) is 8.93. The molecule has 6 heteroatoms. The third kappa shape index (κ3) is 3.84. The topological polar surface area (TPSA) is 76.1 Å². The van der Waals surface area contributed by atoms with Gasteiger partial charge in [0.25, 0.3) is 0 Å². The minimum absolute atomic E-state index is 0.0370. The molecule has 2 bridgehead atoms. The first-order chi connectivity index (χ1) is 17.0. The molecule has 1 spiro atoms. The van der Waals surface area contributed by atoms with Crippen LogP contribution < -0.4 is 9.47 Å². The summed E-state index contributed by atoms with van der Waals surface area (Å²) in [4.78, 5) is 28.1. The van der Waals surface area contributed by atoms with Gasteiger partial charge in [0.15, 0.2) is 23.4 Å². The molecule has 0 radical (unpaired) electrons. The Bertz CT molecular complexity index is 1010. The molecule has 1 aromatic rings. The lowest BCUT2D eigenvalue weighted by molar-refractivity contribution is -0.187. The number of ether oxygens (including phenoxy) is 2. The van der Waals surface area contributed by atoms with Gasteiger partial charge in [-0.05, 0) is 37.3 Å². The molecule has 1 saturated carbocycles. The van der Waals surface area contributed by atoms with Crippen molar-refractivity contribution in [1.82, 2.24) is 4.90 Å². The van der Waals surface area contributed by atoms with Gasteiger partial charge in [-0.1, -0.05) is 57.6 Å². The number of piperidine rings is 1. The van der Waals surface area contributed by atoms with Crippen molar-refractivity contribution >= 4 is 11.8 Å². The fraction of sp³-hybridized carbons (Fsp3) is 0.655. The Morgan fingerprint density at radius 2 is 2.00 bits per heavy atom. The molecule has 6 nitrogen and oxygen atoms in total. The van der Waals surface area contributed by atoms with Gasteiger partial charge in [-0.3, -0.25) is 14.5 Å². The number of rotatable bonds is 11. The number of nitrogens with zero attached hydrogens (tertiary/aromatic N) is 1. The van der Waals surface area contributed by atoms with Crippen LogP contribution >= 0.6 is 0 Å². The summed E-state index contributed by atoms with van der Waals surface area (Å²) in [5.41, 5.74) is 0.182. The first-order valence-electron chi connectivity index (χ1n) is 13.6. The highest BCUT2D eigenvalue weighted by molar-refractivity contribution is 5.90. The average Bonchev–Trinajstić information content (AvgIpc) is 3.20. The van der Waals surface area contributed by atoms with Gasteiger partial charge >= 0.3 is 5.97 Å². The van der Waals surface area contributed by atoms with Crippen molar-refractivity contribution in [1.29, 1.82) is 0 Å². The maximum atomic E-state index is 13.1. The molecule has 0 aromatic heterocycles. The summed E-state index contributed by atoms with van der Waals surface area (Å²) >= 11 is 0.